The lowest BCUT2D eigenvalue weighted by Gasteiger charge is -2.24. The maximum atomic E-state index is 10.9. The predicted octanol–water partition coefficient (Wildman–Crippen LogP) is 3.11. The average molecular weight is 238 g/mol. The minimum absolute atomic E-state index is 0.455. The Morgan fingerprint density at radius 2 is 2.00 bits per heavy atom. The van der Waals surface area contributed by atoms with E-state index in [1.165, 1.54) is 4.90 Å². The Bertz CT molecular complexity index is 425. The lowest BCUT2D eigenvalue weighted by molar-refractivity contribution is 0.150. The van der Waals surface area contributed by atoms with E-state index >= 15 is 0 Å². The summed E-state index contributed by atoms with van der Waals surface area (Å²) < 4.78 is 0. The summed E-state index contributed by atoms with van der Waals surface area (Å²) in [5.74, 6) is 0. The number of rotatable bonds is 1. The topological polar surface area (TPSA) is 40.5 Å². The second-order valence-electron chi connectivity index (χ2n) is 3.73. The molecule has 0 spiro atoms. The highest BCUT2D eigenvalue weighted by molar-refractivity contribution is 6.30. The third-order valence-electron chi connectivity index (χ3n) is 2.64. The monoisotopic (exact) mass is 237 g/mol. The minimum Gasteiger partial charge on any atom is -0.465 e. The van der Waals surface area contributed by atoms with Gasteiger partial charge in [-0.25, -0.2) is 4.79 Å². The first-order valence-electron chi connectivity index (χ1n) is 5.09. The number of benzene rings is 1. The van der Waals surface area contributed by atoms with Crippen LogP contribution in [0.3, 0.4) is 0 Å². The fourth-order valence-corrected chi connectivity index (χ4v) is 1.91. The number of nitrogens with zero attached hydrogens (tertiary/aromatic N) is 1. The van der Waals surface area contributed by atoms with Crippen LogP contribution in [0.25, 0.3) is 5.57 Å². The Kier molecular flexibility index (Phi) is 3.15. The van der Waals surface area contributed by atoms with Crippen LogP contribution in [-0.4, -0.2) is 29.2 Å². The van der Waals surface area contributed by atoms with Gasteiger partial charge in [0.2, 0.25) is 0 Å². The lowest BCUT2D eigenvalue weighted by atomic mass is 10.0. The highest BCUT2D eigenvalue weighted by atomic mass is 35.5. The first-order chi connectivity index (χ1) is 7.66. The van der Waals surface area contributed by atoms with Gasteiger partial charge in [-0.05, 0) is 29.7 Å². The van der Waals surface area contributed by atoms with Gasteiger partial charge in [0, 0.05) is 18.1 Å². The van der Waals surface area contributed by atoms with E-state index in [1.54, 1.807) is 0 Å². The SMILES string of the molecule is O=C(O)N1CCC=C(c2ccc(Cl)cc2)C1. The van der Waals surface area contributed by atoms with Gasteiger partial charge in [-0.2, -0.15) is 0 Å². The highest BCUT2D eigenvalue weighted by Crippen LogP contribution is 2.22. The molecular formula is C12H12ClNO2. The smallest absolute Gasteiger partial charge is 0.407 e. The van der Waals surface area contributed by atoms with E-state index in [-0.39, 0.29) is 0 Å². The van der Waals surface area contributed by atoms with Gasteiger partial charge in [-0.3, -0.25) is 0 Å². The summed E-state index contributed by atoms with van der Waals surface area (Å²) in [4.78, 5) is 12.3. The maximum Gasteiger partial charge on any atom is 0.407 e. The molecule has 1 N–H and O–H groups in total. The van der Waals surface area contributed by atoms with Crippen LogP contribution in [0.4, 0.5) is 4.79 Å². The molecule has 1 aromatic rings. The van der Waals surface area contributed by atoms with Crippen molar-refractivity contribution >= 4 is 23.3 Å². The fraction of sp³-hybridized carbons (Fsp3) is 0.250. The number of halogens is 1. The van der Waals surface area contributed by atoms with Crippen molar-refractivity contribution < 1.29 is 9.90 Å². The van der Waals surface area contributed by atoms with Gasteiger partial charge in [-0.1, -0.05) is 29.8 Å². The van der Waals surface area contributed by atoms with Gasteiger partial charge in [0.15, 0.2) is 0 Å². The molecule has 0 bridgehead atoms. The summed E-state index contributed by atoms with van der Waals surface area (Å²) in [5.41, 5.74) is 2.08. The molecule has 0 radical (unpaired) electrons. The molecular weight excluding hydrogens is 226 g/mol. The van der Waals surface area contributed by atoms with Crippen LogP contribution in [0.15, 0.2) is 30.3 Å². The van der Waals surface area contributed by atoms with Crippen molar-refractivity contribution in [2.45, 2.75) is 6.42 Å². The summed E-state index contributed by atoms with van der Waals surface area (Å²) >= 11 is 5.81. The zero-order chi connectivity index (χ0) is 11.5. The van der Waals surface area contributed by atoms with Crippen molar-refractivity contribution in [2.24, 2.45) is 0 Å². The molecule has 1 aliphatic rings. The van der Waals surface area contributed by atoms with E-state index in [9.17, 15) is 4.79 Å². The quantitative estimate of drug-likeness (QED) is 0.815. The zero-order valence-electron chi connectivity index (χ0n) is 8.69. The second kappa shape index (κ2) is 4.58. The van der Waals surface area contributed by atoms with Crippen LogP contribution in [0.1, 0.15) is 12.0 Å². The summed E-state index contributed by atoms with van der Waals surface area (Å²) in [6.07, 6.45) is 1.99. The molecule has 1 aliphatic heterocycles. The van der Waals surface area contributed by atoms with E-state index in [0.717, 1.165) is 17.6 Å². The Hall–Kier alpha value is -1.48. The molecule has 0 aromatic heterocycles. The molecule has 3 nitrogen and oxygen atoms in total. The molecule has 0 fully saturated rings. The van der Waals surface area contributed by atoms with Crippen molar-refractivity contribution in [3.05, 3.63) is 40.9 Å². The Morgan fingerprint density at radius 1 is 1.31 bits per heavy atom. The molecule has 0 saturated heterocycles. The van der Waals surface area contributed by atoms with Gasteiger partial charge in [0.05, 0.1) is 0 Å². The van der Waals surface area contributed by atoms with Gasteiger partial charge >= 0.3 is 6.09 Å². The third kappa shape index (κ3) is 2.36. The number of amides is 1. The van der Waals surface area contributed by atoms with Crippen molar-refractivity contribution in [3.8, 4) is 0 Å². The Morgan fingerprint density at radius 3 is 2.62 bits per heavy atom. The minimum atomic E-state index is -0.862. The van der Waals surface area contributed by atoms with Gasteiger partial charge < -0.3 is 10.0 Å². The number of carbonyl (C=O) groups is 1. The Labute approximate surface area is 98.9 Å². The van der Waals surface area contributed by atoms with Crippen LogP contribution in [-0.2, 0) is 0 Å². The molecule has 1 amide bonds. The fourth-order valence-electron chi connectivity index (χ4n) is 1.78. The van der Waals surface area contributed by atoms with Crippen molar-refractivity contribution in [3.63, 3.8) is 0 Å². The van der Waals surface area contributed by atoms with Crippen molar-refractivity contribution in [1.29, 1.82) is 0 Å². The normalized spacial score (nSPS) is 15.8. The van der Waals surface area contributed by atoms with Crippen LogP contribution in [0, 0.1) is 0 Å². The number of hydrogen-bond acceptors (Lipinski definition) is 1. The summed E-state index contributed by atoms with van der Waals surface area (Å²) in [6, 6.07) is 7.47. The molecule has 1 heterocycles. The maximum absolute atomic E-state index is 10.9. The Balaban J connectivity index is 2.18. The number of carboxylic acid groups (broad SMARTS) is 1. The van der Waals surface area contributed by atoms with E-state index in [4.69, 9.17) is 16.7 Å². The van der Waals surface area contributed by atoms with Gasteiger partial charge in [-0.15, -0.1) is 0 Å². The second-order valence-corrected chi connectivity index (χ2v) is 4.17. The molecule has 16 heavy (non-hydrogen) atoms. The van der Waals surface area contributed by atoms with Crippen molar-refractivity contribution in [1.82, 2.24) is 4.90 Å². The van der Waals surface area contributed by atoms with E-state index < -0.39 is 6.09 Å². The molecule has 0 unspecified atom stereocenters. The summed E-state index contributed by atoms with van der Waals surface area (Å²) in [5, 5.41) is 9.61. The third-order valence-corrected chi connectivity index (χ3v) is 2.89. The molecule has 0 atom stereocenters. The molecule has 0 aliphatic carbocycles. The molecule has 4 heteroatoms. The van der Waals surface area contributed by atoms with E-state index in [2.05, 4.69) is 6.08 Å². The first kappa shape index (κ1) is 11.0. The van der Waals surface area contributed by atoms with Crippen LogP contribution in [0.5, 0.6) is 0 Å². The standard InChI is InChI=1S/C12H12ClNO2/c13-11-5-3-9(4-6-11)10-2-1-7-14(8-10)12(15)16/h2-6H,1,7-8H2,(H,15,16). The lowest BCUT2D eigenvalue weighted by Crippen LogP contribution is -2.34. The first-order valence-corrected chi connectivity index (χ1v) is 5.47. The van der Waals surface area contributed by atoms with Crippen LogP contribution < -0.4 is 0 Å². The summed E-state index contributed by atoms with van der Waals surface area (Å²) in [6.45, 7) is 1.03. The van der Waals surface area contributed by atoms with Crippen molar-refractivity contribution in [2.75, 3.05) is 13.1 Å². The average Bonchev–Trinajstić information content (AvgIpc) is 2.30. The summed E-state index contributed by atoms with van der Waals surface area (Å²) in [7, 11) is 0. The predicted molar refractivity (Wildman–Crippen MR) is 63.6 cm³/mol. The zero-order valence-corrected chi connectivity index (χ0v) is 9.44. The van der Waals surface area contributed by atoms with E-state index in [1.807, 2.05) is 24.3 Å². The number of hydrogen-bond donors (Lipinski definition) is 1. The van der Waals surface area contributed by atoms with E-state index in [0.29, 0.717) is 18.1 Å². The highest BCUT2D eigenvalue weighted by Gasteiger charge is 2.17. The van der Waals surface area contributed by atoms with Crippen LogP contribution >= 0.6 is 11.6 Å². The molecule has 1 aromatic carbocycles. The molecule has 0 saturated carbocycles. The van der Waals surface area contributed by atoms with Gasteiger partial charge in [0.25, 0.3) is 0 Å². The largest absolute Gasteiger partial charge is 0.465 e. The molecule has 2 rings (SSSR count). The van der Waals surface area contributed by atoms with Gasteiger partial charge in [0.1, 0.15) is 0 Å². The molecule has 84 valence electrons. The van der Waals surface area contributed by atoms with Crippen LogP contribution in [0.2, 0.25) is 5.02 Å².